The van der Waals surface area contributed by atoms with Gasteiger partial charge in [0.2, 0.25) is 5.91 Å². The Bertz CT molecular complexity index is 515. The number of nitrogens with two attached hydrogens (primary N) is 1. The third kappa shape index (κ3) is 3.66. The Hall–Kier alpha value is -2.64. The quantitative estimate of drug-likeness (QED) is 0.394. The van der Waals surface area contributed by atoms with Crippen LogP contribution in [0.1, 0.15) is 16.8 Å². The van der Waals surface area contributed by atoms with Crippen LogP contribution in [0.4, 0.5) is 11.4 Å². The topological polar surface area (TPSA) is 127 Å². The van der Waals surface area contributed by atoms with Gasteiger partial charge in [-0.2, -0.15) is 0 Å². The summed E-state index contributed by atoms with van der Waals surface area (Å²) in [7, 11) is 1.49. The maximum atomic E-state index is 11.8. The van der Waals surface area contributed by atoms with Gasteiger partial charge in [0.05, 0.1) is 10.5 Å². The molecule has 2 amide bonds. The molecule has 19 heavy (non-hydrogen) atoms. The van der Waals surface area contributed by atoms with Crippen LogP contribution in [0.3, 0.4) is 0 Å². The highest BCUT2D eigenvalue weighted by atomic mass is 16.6. The predicted molar refractivity (Wildman–Crippen MR) is 68.5 cm³/mol. The van der Waals surface area contributed by atoms with Crippen LogP contribution in [0.5, 0.6) is 0 Å². The number of nitro benzene ring substituents is 1. The molecule has 0 aromatic heterocycles. The van der Waals surface area contributed by atoms with Gasteiger partial charge in [0.25, 0.3) is 11.6 Å². The molecule has 0 heterocycles. The van der Waals surface area contributed by atoms with E-state index >= 15 is 0 Å². The Morgan fingerprint density at radius 3 is 2.68 bits per heavy atom. The van der Waals surface area contributed by atoms with Gasteiger partial charge in [0.1, 0.15) is 5.69 Å². The molecule has 1 aromatic carbocycles. The molecule has 0 saturated heterocycles. The van der Waals surface area contributed by atoms with Gasteiger partial charge < -0.3 is 16.4 Å². The molecule has 0 aliphatic rings. The second-order valence-electron chi connectivity index (χ2n) is 3.67. The Morgan fingerprint density at radius 2 is 2.11 bits per heavy atom. The van der Waals surface area contributed by atoms with E-state index in [-0.39, 0.29) is 35.8 Å². The molecule has 0 aliphatic heterocycles. The summed E-state index contributed by atoms with van der Waals surface area (Å²) in [5, 5.41) is 15.6. The van der Waals surface area contributed by atoms with Crippen LogP contribution in [0.25, 0.3) is 0 Å². The Labute approximate surface area is 109 Å². The maximum Gasteiger partial charge on any atom is 0.292 e. The maximum absolute atomic E-state index is 11.8. The highest BCUT2D eigenvalue weighted by molar-refractivity contribution is 6.01. The number of nitro groups is 1. The smallest absolute Gasteiger partial charge is 0.292 e. The van der Waals surface area contributed by atoms with Crippen molar-refractivity contribution in [3.63, 3.8) is 0 Å². The number of nitrogen functional groups attached to an aromatic ring is 1. The first-order valence-electron chi connectivity index (χ1n) is 5.49. The molecule has 0 atom stereocenters. The second-order valence-corrected chi connectivity index (χ2v) is 3.67. The zero-order valence-electron chi connectivity index (χ0n) is 10.3. The molecule has 0 aliphatic carbocycles. The van der Waals surface area contributed by atoms with Crippen molar-refractivity contribution < 1.29 is 14.5 Å². The normalized spacial score (nSPS) is 9.74. The van der Waals surface area contributed by atoms with Crippen molar-refractivity contribution in [2.75, 3.05) is 19.3 Å². The van der Waals surface area contributed by atoms with Gasteiger partial charge in [-0.25, -0.2) is 0 Å². The number of benzene rings is 1. The van der Waals surface area contributed by atoms with Crippen molar-refractivity contribution in [3.05, 3.63) is 33.9 Å². The molecule has 0 bridgehead atoms. The molecule has 8 nitrogen and oxygen atoms in total. The third-order valence-corrected chi connectivity index (χ3v) is 2.44. The molecule has 8 heteroatoms. The molecular weight excluding hydrogens is 252 g/mol. The molecule has 0 unspecified atom stereocenters. The Kier molecular flexibility index (Phi) is 4.81. The van der Waals surface area contributed by atoms with Crippen molar-refractivity contribution in [1.82, 2.24) is 10.6 Å². The van der Waals surface area contributed by atoms with E-state index in [1.54, 1.807) is 0 Å². The number of nitrogens with one attached hydrogen (secondary N) is 2. The first-order valence-corrected chi connectivity index (χ1v) is 5.49. The SMILES string of the molecule is CNC(=O)CCNC(=O)c1cccc([N+](=O)[O-])c1N. The Balaban J connectivity index is 2.75. The lowest BCUT2D eigenvalue weighted by Gasteiger charge is -2.07. The number of amides is 2. The molecule has 1 rings (SSSR count). The monoisotopic (exact) mass is 266 g/mol. The van der Waals surface area contributed by atoms with Crippen molar-refractivity contribution in [2.45, 2.75) is 6.42 Å². The van der Waals surface area contributed by atoms with Crippen LogP contribution >= 0.6 is 0 Å². The van der Waals surface area contributed by atoms with Gasteiger partial charge in [-0.15, -0.1) is 0 Å². The molecule has 1 aromatic rings. The summed E-state index contributed by atoms with van der Waals surface area (Å²) in [6.07, 6.45) is 0.122. The fraction of sp³-hybridized carbons (Fsp3) is 0.273. The van der Waals surface area contributed by atoms with E-state index < -0.39 is 10.8 Å². The van der Waals surface area contributed by atoms with E-state index in [0.717, 1.165) is 0 Å². The second kappa shape index (κ2) is 6.34. The molecule has 0 fully saturated rings. The first kappa shape index (κ1) is 14.4. The van der Waals surface area contributed by atoms with Crippen LogP contribution < -0.4 is 16.4 Å². The molecular formula is C11H14N4O4. The number of nitrogens with zero attached hydrogens (tertiary/aromatic N) is 1. The van der Waals surface area contributed by atoms with Gasteiger partial charge >= 0.3 is 0 Å². The number of rotatable bonds is 5. The van der Waals surface area contributed by atoms with Crippen LogP contribution in [0, 0.1) is 10.1 Å². The molecule has 4 N–H and O–H groups in total. The van der Waals surface area contributed by atoms with Gasteiger partial charge in [0.15, 0.2) is 0 Å². The van der Waals surface area contributed by atoms with Crippen molar-refractivity contribution in [2.24, 2.45) is 0 Å². The fourth-order valence-corrected chi connectivity index (χ4v) is 1.42. The van der Waals surface area contributed by atoms with Gasteiger partial charge in [-0.1, -0.05) is 6.07 Å². The highest BCUT2D eigenvalue weighted by Crippen LogP contribution is 2.24. The number of carbonyl (C=O) groups excluding carboxylic acids is 2. The standard InChI is InChI=1S/C11H14N4O4/c1-13-9(16)5-6-14-11(17)7-3-2-4-8(10(7)12)15(18)19/h2-4H,5-6,12H2,1H3,(H,13,16)(H,14,17). The number of hydrogen-bond donors (Lipinski definition) is 3. The summed E-state index contributed by atoms with van der Waals surface area (Å²) in [4.78, 5) is 32.8. The fourth-order valence-electron chi connectivity index (χ4n) is 1.42. The molecule has 0 saturated carbocycles. The van der Waals surface area contributed by atoms with E-state index in [2.05, 4.69) is 10.6 Å². The average molecular weight is 266 g/mol. The van der Waals surface area contributed by atoms with E-state index in [1.807, 2.05) is 0 Å². The van der Waals surface area contributed by atoms with E-state index in [0.29, 0.717) is 0 Å². The van der Waals surface area contributed by atoms with Crippen LogP contribution in [0.2, 0.25) is 0 Å². The summed E-state index contributed by atoms with van der Waals surface area (Å²) in [6, 6.07) is 3.98. The van der Waals surface area contributed by atoms with Crippen molar-refractivity contribution in [3.8, 4) is 0 Å². The summed E-state index contributed by atoms with van der Waals surface area (Å²) >= 11 is 0. The van der Waals surface area contributed by atoms with Gasteiger partial charge in [-0.3, -0.25) is 19.7 Å². The summed E-state index contributed by atoms with van der Waals surface area (Å²) < 4.78 is 0. The summed E-state index contributed by atoms with van der Waals surface area (Å²) in [5.41, 5.74) is 5.07. The van der Waals surface area contributed by atoms with Crippen LogP contribution in [-0.2, 0) is 4.79 Å². The highest BCUT2D eigenvalue weighted by Gasteiger charge is 2.18. The average Bonchev–Trinajstić information content (AvgIpc) is 2.38. The Morgan fingerprint density at radius 1 is 1.42 bits per heavy atom. The zero-order valence-corrected chi connectivity index (χ0v) is 10.3. The number of hydrogen-bond acceptors (Lipinski definition) is 5. The van der Waals surface area contributed by atoms with Crippen LogP contribution in [0.15, 0.2) is 18.2 Å². The summed E-state index contributed by atoms with van der Waals surface area (Å²) in [5.74, 6) is -0.766. The molecule has 102 valence electrons. The largest absolute Gasteiger partial charge is 0.393 e. The minimum atomic E-state index is -0.656. The lowest BCUT2D eigenvalue weighted by atomic mass is 10.1. The first-order chi connectivity index (χ1) is 8.97. The number of carbonyl (C=O) groups is 2. The molecule has 0 spiro atoms. The number of anilines is 1. The lowest BCUT2D eigenvalue weighted by Crippen LogP contribution is -2.29. The van der Waals surface area contributed by atoms with Gasteiger partial charge in [-0.05, 0) is 6.07 Å². The zero-order chi connectivity index (χ0) is 14.4. The predicted octanol–water partition coefficient (Wildman–Crippen LogP) is 0.0429. The van der Waals surface area contributed by atoms with E-state index in [9.17, 15) is 19.7 Å². The van der Waals surface area contributed by atoms with Crippen molar-refractivity contribution in [1.29, 1.82) is 0 Å². The third-order valence-electron chi connectivity index (χ3n) is 2.44. The minimum Gasteiger partial charge on any atom is -0.393 e. The lowest BCUT2D eigenvalue weighted by molar-refractivity contribution is -0.383. The van der Waals surface area contributed by atoms with Gasteiger partial charge in [0, 0.05) is 26.1 Å². The van der Waals surface area contributed by atoms with E-state index in [1.165, 1.54) is 25.2 Å². The molecule has 0 radical (unpaired) electrons. The van der Waals surface area contributed by atoms with E-state index in [4.69, 9.17) is 5.73 Å². The van der Waals surface area contributed by atoms with Crippen molar-refractivity contribution >= 4 is 23.2 Å². The van der Waals surface area contributed by atoms with Crippen LogP contribution in [-0.4, -0.2) is 30.3 Å². The number of para-hydroxylation sites is 1. The minimum absolute atomic E-state index is 0.0195. The summed E-state index contributed by atoms with van der Waals surface area (Å²) in [6.45, 7) is 0.126.